The van der Waals surface area contributed by atoms with E-state index in [1.165, 1.54) is 24.0 Å². The molecule has 0 amide bonds. The third-order valence-electron chi connectivity index (χ3n) is 7.12. The number of aromatic nitrogens is 2. The Morgan fingerprint density at radius 2 is 1.76 bits per heavy atom. The van der Waals surface area contributed by atoms with Crippen molar-refractivity contribution in [3.05, 3.63) is 81.7 Å². The maximum atomic E-state index is 13.3. The lowest BCUT2D eigenvalue weighted by Crippen LogP contribution is -2.27. The fourth-order valence-electron chi connectivity index (χ4n) is 4.76. The lowest BCUT2D eigenvalue weighted by Gasteiger charge is -2.22. The summed E-state index contributed by atoms with van der Waals surface area (Å²) in [5.41, 5.74) is 6.67. The maximum Gasteiger partial charge on any atom is 0.293 e. The molecule has 1 fully saturated rings. The van der Waals surface area contributed by atoms with Crippen molar-refractivity contribution in [1.82, 2.24) is 9.55 Å². The molecule has 172 valence electrons. The number of hydrogen-bond acceptors (Lipinski definition) is 4. The molecular weight excluding hydrogens is 420 g/mol. The average Bonchev–Trinajstić information content (AvgIpc) is 3.72. The molecule has 1 N–H and O–H groups in total. The summed E-state index contributed by atoms with van der Waals surface area (Å²) in [5.74, 6) is 1.56. The van der Waals surface area contributed by atoms with E-state index >= 15 is 0 Å². The summed E-state index contributed by atoms with van der Waals surface area (Å²) in [6.07, 6.45) is 8.10. The molecule has 5 nitrogen and oxygen atoms in total. The smallest absolute Gasteiger partial charge is 0.293 e. The number of nitriles is 1. The third kappa shape index (κ3) is 4.54. The number of anilines is 1. The van der Waals surface area contributed by atoms with Crippen LogP contribution < -0.4 is 10.9 Å². The van der Waals surface area contributed by atoms with Gasteiger partial charge in [0.15, 0.2) is 5.82 Å². The van der Waals surface area contributed by atoms with Crippen molar-refractivity contribution in [3.63, 3.8) is 0 Å². The van der Waals surface area contributed by atoms with Crippen molar-refractivity contribution >= 4 is 5.82 Å². The van der Waals surface area contributed by atoms with Crippen LogP contribution in [0.3, 0.4) is 0 Å². The van der Waals surface area contributed by atoms with Crippen molar-refractivity contribution in [2.24, 2.45) is 13.0 Å². The summed E-state index contributed by atoms with van der Waals surface area (Å²) in [6, 6.07) is 18.1. The second kappa shape index (κ2) is 9.30. The number of nitrogens with one attached hydrogen (secondary N) is 1. The van der Waals surface area contributed by atoms with Gasteiger partial charge in [-0.1, -0.05) is 48.0 Å². The van der Waals surface area contributed by atoms with Gasteiger partial charge in [-0.05, 0) is 68.6 Å². The zero-order chi connectivity index (χ0) is 23.7. The minimum atomic E-state index is -0.124. The molecule has 0 bridgehead atoms. The molecule has 0 aliphatic heterocycles. The minimum absolute atomic E-state index is 0.124. The first-order chi connectivity index (χ1) is 16.5. The zero-order valence-corrected chi connectivity index (χ0v) is 19.8. The molecule has 1 aromatic heterocycles. The van der Waals surface area contributed by atoms with E-state index in [0.29, 0.717) is 23.2 Å². The number of nitrogens with zero attached hydrogens (tertiary/aromatic N) is 3. The molecule has 0 radical (unpaired) electrons. The van der Waals surface area contributed by atoms with Crippen LogP contribution in [0.5, 0.6) is 0 Å². The maximum absolute atomic E-state index is 13.3. The van der Waals surface area contributed by atoms with Crippen LogP contribution in [0.15, 0.2) is 65.0 Å². The van der Waals surface area contributed by atoms with E-state index in [9.17, 15) is 10.1 Å². The Kier molecular flexibility index (Phi) is 6.06. The molecule has 0 unspecified atom stereocenters. The van der Waals surface area contributed by atoms with Crippen LogP contribution in [0.1, 0.15) is 56.1 Å². The Morgan fingerprint density at radius 1 is 1.06 bits per heavy atom. The molecule has 1 saturated carbocycles. The Labute approximate surface area is 200 Å². The van der Waals surface area contributed by atoms with Crippen LogP contribution in [-0.2, 0) is 7.05 Å². The van der Waals surface area contributed by atoms with Gasteiger partial charge in [0.1, 0.15) is 0 Å². The molecule has 0 saturated heterocycles. The van der Waals surface area contributed by atoms with Crippen molar-refractivity contribution in [2.45, 2.75) is 44.9 Å². The molecule has 1 atom stereocenters. The van der Waals surface area contributed by atoms with Crippen LogP contribution in [0.2, 0.25) is 0 Å². The first kappa shape index (κ1) is 22.2. The number of benzene rings is 2. The summed E-state index contributed by atoms with van der Waals surface area (Å²) in [5, 5.41) is 12.6. The summed E-state index contributed by atoms with van der Waals surface area (Å²) in [6.45, 7) is 2.91. The Morgan fingerprint density at radius 3 is 2.38 bits per heavy atom. The van der Waals surface area contributed by atoms with E-state index in [4.69, 9.17) is 4.98 Å². The van der Waals surface area contributed by atoms with E-state index in [2.05, 4.69) is 48.7 Å². The molecule has 2 aliphatic carbocycles. The molecule has 34 heavy (non-hydrogen) atoms. The van der Waals surface area contributed by atoms with Gasteiger partial charge in [0.2, 0.25) is 0 Å². The molecule has 3 aromatic rings. The van der Waals surface area contributed by atoms with Gasteiger partial charge in [0.25, 0.3) is 5.56 Å². The van der Waals surface area contributed by atoms with Gasteiger partial charge in [0.05, 0.1) is 23.0 Å². The Balaban J connectivity index is 1.54. The van der Waals surface area contributed by atoms with Crippen LogP contribution >= 0.6 is 0 Å². The fraction of sp³-hybridized carbons (Fsp3) is 0.345. The summed E-state index contributed by atoms with van der Waals surface area (Å²) in [7, 11) is 1.82. The predicted molar refractivity (Wildman–Crippen MR) is 137 cm³/mol. The van der Waals surface area contributed by atoms with Gasteiger partial charge >= 0.3 is 0 Å². The number of allylic oxidation sites excluding steroid dienone is 2. The van der Waals surface area contributed by atoms with Gasteiger partial charge in [-0.25, -0.2) is 4.98 Å². The van der Waals surface area contributed by atoms with Crippen LogP contribution in [0.4, 0.5) is 5.82 Å². The second-order valence-corrected chi connectivity index (χ2v) is 9.68. The monoisotopic (exact) mass is 450 g/mol. The minimum Gasteiger partial charge on any atom is -0.365 e. The van der Waals surface area contributed by atoms with E-state index in [0.717, 1.165) is 48.3 Å². The normalized spacial score (nSPS) is 17.7. The molecule has 5 heteroatoms. The van der Waals surface area contributed by atoms with Crippen LogP contribution in [0.25, 0.3) is 22.5 Å². The first-order valence-corrected chi connectivity index (χ1v) is 12.1. The van der Waals surface area contributed by atoms with Crippen molar-refractivity contribution in [3.8, 4) is 28.6 Å². The van der Waals surface area contributed by atoms with E-state index in [-0.39, 0.29) is 5.56 Å². The first-order valence-electron chi connectivity index (χ1n) is 12.1. The molecule has 0 spiro atoms. The third-order valence-corrected chi connectivity index (χ3v) is 7.12. The fourth-order valence-corrected chi connectivity index (χ4v) is 4.76. The molecule has 5 rings (SSSR count). The second-order valence-electron chi connectivity index (χ2n) is 9.68. The van der Waals surface area contributed by atoms with Crippen molar-refractivity contribution < 1.29 is 0 Å². The zero-order valence-electron chi connectivity index (χ0n) is 19.8. The quantitative estimate of drug-likeness (QED) is 0.466. The molecule has 1 heterocycles. The highest BCUT2D eigenvalue weighted by Crippen LogP contribution is 2.41. The SMILES string of the molecule is CC1=CC[C@@H](CNc2nc(-c3ccc(C#N)cc3)c(-c3ccc(C4CC4)cc3)n(C)c2=O)CC1. The topological polar surface area (TPSA) is 70.7 Å². The van der Waals surface area contributed by atoms with Gasteiger partial charge < -0.3 is 9.88 Å². The summed E-state index contributed by atoms with van der Waals surface area (Å²) in [4.78, 5) is 18.2. The Bertz CT molecular complexity index is 1320. The number of hydrogen-bond donors (Lipinski definition) is 1. The standard InChI is InChI=1S/C29H30N4O/c1-19-3-5-21(6-4-19)18-31-28-29(34)33(2)27(25-15-13-23(14-16-25)22-11-12-22)26(32-28)24-9-7-20(17-30)8-10-24/h3,7-10,13-16,21-22H,4-6,11-12,18H2,1-2H3,(H,31,32)/t21-/m1/s1. The highest BCUT2D eigenvalue weighted by Gasteiger charge is 2.24. The van der Waals surface area contributed by atoms with E-state index in [1.54, 1.807) is 16.7 Å². The summed E-state index contributed by atoms with van der Waals surface area (Å²) >= 11 is 0. The van der Waals surface area contributed by atoms with Crippen LogP contribution in [-0.4, -0.2) is 16.1 Å². The summed E-state index contributed by atoms with van der Waals surface area (Å²) < 4.78 is 1.71. The van der Waals surface area contributed by atoms with E-state index in [1.807, 2.05) is 19.2 Å². The average molecular weight is 451 g/mol. The van der Waals surface area contributed by atoms with Gasteiger partial charge in [-0.3, -0.25) is 4.79 Å². The highest BCUT2D eigenvalue weighted by molar-refractivity contribution is 5.79. The van der Waals surface area contributed by atoms with Crippen molar-refractivity contribution in [2.75, 3.05) is 11.9 Å². The molecular formula is C29H30N4O. The lowest BCUT2D eigenvalue weighted by atomic mass is 9.90. The van der Waals surface area contributed by atoms with Crippen LogP contribution in [0, 0.1) is 17.2 Å². The lowest BCUT2D eigenvalue weighted by molar-refractivity contribution is 0.492. The predicted octanol–water partition coefficient (Wildman–Crippen LogP) is 6.02. The van der Waals surface area contributed by atoms with Gasteiger partial charge in [-0.2, -0.15) is 5.26 Å². The van der Waals surface area contributed by atoms with E-state index < -0.39 is 0 Å². The highest BCUT2D eigenvalue weighted by atomic mass is 16.1. The van der Waals surface area contributed by atoms with Crippen molar-refractivity contribution in [1.29, 1.82) is 5.26 Å². The van der Waals surface area contributed by atoms with Gasteiger partial charge in [0, 0.05) is 24.7 Å². The largest absolute Gasteiger partial charge is 0.365 e. The van der Waals surface area contributed by atoms with Gasteiger partial charge in [-0.15, -0.1) is 0 Å². The Hall–Kier alpha value is -3.65. The molecule has 2 aliphatic rings. The molecule has 2 aromatic carbocycles. The number of rotatable bonds is 6.